The zero-order valence-corrected chi connectivity index (χ0v) is 23.8. The molecule has 0 radical (unpaired) electrons. The van der Waals surface area contributed by atoms with Crippen LogP contribution in [-0.2, 0) is 11.3 Å². The second-order valence-electron chi connectivity index (χ2n) is 12.2. The highest BCUT2D eigenvalue weighted by Crippen LogP contribution is 2.40. The predicted molar refractivity (Wildman–Crippen MR) is 156 cm³/mol. The first kappa shape index (κ1) is 26.4. The van der Waals surface area contributed by atoms with Crippen LogP contribution in [0.1, 0.15) is 87.9 Å². The van der Waals surface area contributed by atoms with Gasteiger partial charge in [0.1, 0.15) is 5.52 Å². The zero-order chi connectivity index (χ0) is 27.8. The monoisotopic (exact) mass is 557 g/mol. The summed E-state index contributed by atoms with van der Waals surface area (Å²) in [5.74, 6) is 2.64. The van der Waals surface area contributed by atoms with Gasteiger partial charge in [-0.15, -0.1) is 0 Å². The van der Waals surface area contributed by atoms with Crippen LogP contribution in [0.4, 0.5) is 5.95 Å². The number of nitrogens with zero attached hydrogens (tertiary/aromatic N) is 6. The van der Waals surface area contributed by atoms with Crippen molar-refractivity contribution in [2.24, 2.45) is 11.8 Å². The first-order valence-corrected chi connectivity index (χ1v) is 15.4. The van der Waals surface area contributed by atoms with E-state index >= 15 is 0 Å². The fraction of sp³-hybridized carbons (Fsp3) is 0.581. The van der Waals surface area contributed by atoms with Crippen LogP contribution in [0.3, 0.4) is 0 Å². The predicted octanol–water partition coefficient (Wildman–Crippen LogP) is 5.62. The largest absolute Gasteiger partial charge is 0.439 e. The molecule has 2 aliphatic carbocycles. The van der Waals surface area contributed by atoms with Gasteiger partial charge < -0.3 is 14.2 Å². The number of benzene rings is 1. The molecule has 1 aromatic carbocycles. The molecule has 1 atom stereocenters. The van der Waals surface area contributed by atoms with E-state index < -0.39 is 5.76 Å². The Bertz CT molecular complexity index is 1530. The summed E-state index contributed by atoms with van der Waals surface area (Å²) in [5, 5.41) is 3.92. The van der Waals surface area contributed by atoms with E-state index in [2.05, 4.69) is 56.9 Å². The maximum atomic E-state index is 11.8. The zero-order valence-electron chi connectivity index (χ0n) is 23.8. The van der Waals surface area contributed by atoms with Gasteiger partial charge >= 0.3 is 5.76 Å². The second-order valence-corrected chi connectivity index (χ2v) is 12.2. The van der Waals surface area contributed by atoms with Gasteiger partial charge in [-0.3, -0.25) is 9.51 Å². The van der Waals surface area contributed by atoms with E-state index in [1.165, 1.54) is 50.5 Å². The minimum absolute atomic E-state index is 0.0596. The number of rotatable bonds is 6. The van der Waals surface area contributed by atoms with E-state index in [0.717, 1.165) is 49.0 Å². The number of imidazole rings is 1. The van der Waals surface area contributed by atoms with Crippen molar-refractivity contribution < 1.29 is 9.26 Å². The second kappa shape index (κ2) is 11.4. The summed E-state index contributed by atoms with van der Waals surface area (Å²) in [7, 11) is 0. The third-order valence-electron chi connectivity index (χ3n) is 9.40. The molecule has 3 aromatic heterocycles. The molecule has 1 N–H and O–H groups in total. The van der Waals surface area contributed by atoms with Crippen LogP contribution in [0.25, 0.3) is 22.8 Å². The maximum absolute atomic E-state index is 11.8. The van der Waals surface area contributed by atoms with Gasteiger partial charge in [0.05, 0.1) is 24.9 Å². The molecule has 0 spiro atoms. The van der Waals surface area contributed by atoms with Crippen LogP contribution < -0.4 is 10.7 Å². The van der Waals surface area contributed by atoms with Gasteiger partial charge in [-0.1, -0.05) is 74.5 Å². The number of fused-ring (bicyclic) bond motifs is 1. The highest BCUT2D eigenvalue weighted by atomic mass is 16.5. The van der Waals surface area contributed by atoms with Gasteiger partial charge in [0, 0.05) is 19.0 Å². The third-order valence-corrected chi connectivity index (χ3v) is 9.40. The van der Waals surface area contributed by atoms with Gasteiger partial charge in [0.2, 0.25) is 17.6 Å². The average molecular weight is 558 g/mol. The van der Waals surface area contributed by atoms with Crippen molar-refractivity contribution in [2.75, 3.05) is 24.7 Å². The summed E-state index contributed by atoms with van der Waals surface area (Å²) in [6.07, 6.45) is 10.8. The van der Waals surface area contributed by atoms with Crippen molar-refractivity contribution in [3.05, 3.63) is 52.1 Å². The number of nitrogens with one attached hydrogen (secondary N) is 1. The summed E-state index contributed by atoms with van der Waals surface area (Å²) < 4.78 is 13.3. The molecule has 7 rings (SSSR count). The van der Waals surface area contributed by atoms with E-state index in [4.69, 9.17) is 24.2 Å². The third kappa shape index (κ3) is 5.29. The molecule has 4 heterocycles. The topological polar surface area (TPSA) is 115 Å². The molecule has 3 aliphatic rings. The van der Waals surface area contributed by atoms with Crippen LogP contribution >= 0.6 is 0 Å². The molecule has 10 nitrogen and oxygen atoms in total. The lowest BCUT2D eigenvalue weighted by molar-refractivity contribution is 0.0927. The van der Waals surface area contributed by atoms with E-state index in [1.807, 2.05) is 0 Å². The Morgan fingerprint density at radius 2 is 1.78 bits per heavy atom. The Hall–Kier alpha value is -3.53. The van der Waals surface area contributed by atoms with Gasteiger partial charge in [0.25, 0.3) is 0 Å². The lowest BCUT2D eigenvalue weighted by atomic mass is 9.83. The lowest BCUT2D eigenvalue weighted by Crippen LogP contribution is -2.41. The molecule has 3 fully saturated rings. The standard InChI is InChI=1S/C31H39N7O3/c1-20-12-14-21(15-13-20)18-38-26-25(23-10-6-3-7-11-23)32-28(29-35-31(39)41-36-29)33-27(26)34-30(38)37-16-17-40-19-24(37)22-8-4-2-5-9-22/h2,4-5,8-9,20-21,23-24H,3,6-7,10-19H2,1H3,(H,35,36,39). The van der Waals surface area contributed by atoms with Crippen LogP contribution in [0.15, 0.2) is 39.6 Å². The van der Waals surface area contributed by atoms with E-state index in [0.29, 0.717) is 36.5 Å². The summed E-state index contributed by atoms with van der Waals surface area (Å²) in [6.45, 7) is 5.29. The highest BCUT2D eigenvalue weighted by molar-refractivity contribution is 5.80. The molecular weight excluding hydrogens is 518 g/mol. The molecule has 41 heavy (non-hydrogen) atoms. The van der Waals surface area contributed by atoms with Gasteiger partial charge in [-0.25, -0.2) is 14.8 Å². The van der Waals surface area contributed by atoms with Crippen molar-refractivity contribution in [1.82, 2.24) is 29.7 Å². The molecule has 4 aromatic rings. The first-order chi connectivity index (χ1) is 20.1. The first-order valence-electron chi connectivity index (χ1n) is 15.4. The number of ether oxygens (including phenoxy) is 1. The molecule has 216 valence electrons. The average Bonchev–Trinajstić information content (AvgIpc) is 3.62. The molecule has 2 saturated carbocycles. The van der Waals surface area contributed by atoms with Crippen molar-refractivity contribution in [1.29, 1.82) is 0 Å². The molecule has 0 amide bonds. The number of anilines is 1. The summed E-state index contributed by atoms with van der Waals surface area (Å²) in [4.78, 5) is 32.2. The van der Waals surface area contributed by atoms with Crippen LogP contribution in [-0.4, -0.2) is 49.4 Å². The van der Waals surface area contributed by atoms with Crippen LogP contribution in [0.2, 0.25) is 0 Å². The lowest BCUT2D eigenvalue weighted by Gasteiger charge is -2.37. The minimum Gasteiger partial charge on any atom is -0.377 e. The fourth-order valence-electron chi connectivity index (χ4n) is 7.10. The Balaban J connectivity index is 1.41. The van der Waals surface area contributed by atoms with Gasteiger partial charge in [-0.2, -0.15) is 4.98 Å². The molecule has 10 heteroatoms. The number of hydrogen-bond donors (Lipinski definition) is 1. The SMILES string of the molecule is CC1CCC(Cn2c(N3CCOCC3c3ccccc3)nc3nc(-c4noc(=O)[nH]4)nc(C4CCCCC4)c32)CC1. The summed E-state index contributed by atoms with van der Waals surface area (Å²) >= 11 is 0. The summed E-state index contributed by atoms with van der Waals surface area (Å²) in [6, 6.07) is 10.6. The van der Waals surface area contributed by atoms with E-state index in [9.17, 15) is 4.79 Å². The summed E-state index contributed by atoms with van der Waals surface area (Å²) in [5.41, 5.74) is 3.95. The van der Waals surface area contributed by atoms with Crippen molar-refractivity contribution >= 4 is 17.1 Å². The number of aromatic nitrogens is 6. The highest BCUT2D eigenvalue weighted by Gasteiger charge is 2.33. The Kier molecular flexibility index (Phi) is 7.33. The van der Waals surface area contributed by atoms with Gasteiger partial charge in [-0.05, 0) is 43.1 Å². The van der Waals surface area contributed by atoms with E-state index in [1.54, 1.807) is 0 Å². The molecule has 1 unspecified atom stereocenters. The van der Waals surface area contributed by atoms with Crippen molar-refractivity contribution in [3.63, 3.8) is 0 Å². The van der Waals surface area contributed by atoms with E-state index in [-0.39, 0.29) is 11.9 Å². The number of H-pyrrole nitrogens is 1. The number of morpholine rings is 1. The Labute approximate surface area is 239 Å². The number of aromatic amines is 1. The molecule has 1 saturated heterocycles. The Morgan fingerprint density at radius 1 is 0.976 bits per heavy atom. The fourth-order valence-corrected chi connectivity index (χ4v) is 7.10. The molecule has 0 bridgehead atoms. The van der Waals surface area contributed by atoms with Crippen LogP contribution in [0, 0.1) is 11.8 Å². The number of hydrogen-bond acceptors (Lipinski definition) is 8. The smallest absolute Gasteiger partial charge is 0.377 e. The minimum atomic E-state index is -0.611. The normalized spacial score (nSPS) is 24.2. The van der Waals surface area contributed by atoms with Crippen LogP contribution in [0.5, 0.6) is 0 Å². The van der Waals surface area contributed by atoms with Crippen molar-refractivity contribution in [2.45, 2.75) is 83.2 Å². The molecular formula is C31H39N7O3. The van der Waals surface area contributed by atoms with Gasteiger partial charge in [0.15, 0.2) is 5.65 Å². The quantitative estimate of drug-likeness (QED) is 0.325. The molecule has 1 aliphatic heterocycles. The maximum Gasteiger partial charge on any atom is 0.439 e. The Morgan fingerprint density at radius 3 is 2.54 bits per heavy atom. The van der Waals surface area contributed by atoms with Crippen molar-refractivity contribution in [3.8, 4) is 11.6 Å².